The molecule has 1 rings (SSSR count). The fourth-order valence-electron chi connectivity index (χ4n) is 1.99. The molecular formula is C15H23NOS. The minimum Gasteiger partial charge on any atom is -0.351 e. The number of thioether (sulfide) groups is 1. The molecule has 1 amide bonds. The second-order valence-electron chi connectivity index (χ2n) is 5.81. The number of aryl methyl sites for hydroxylation is 3. The Morgan fingerprint density at radius 2 is 1.67 bits per heavy atom. The van der Waals surface area contributed by atoms with E-state index in [0.717, 1.165) is 0 Å². The van der Waals surface area contributed by atoms with Crippen molar-refractivity contribution in [1.29, 1.82) is 0 Å². The zero-order valence-electron chi connectivity index (χ0n) is 12.2. The average molecular weight is 265 g/mol. The normalized spacial score (nSPS) is 11.4. The van der Waals surface area contributed by atoms with Crippen molar-refractivity contribution < 1.29 is 4.79 Å². The van der Waals surface area contributed by atoms with Gasteiger partial charge in [-0.1, -0.05) is 17.7 Å². The van der Waals surface area contributed by atoms with E-state index in [4.69, 9.17) is 0 Å². The molecule has 2 nitrogen and oxygen atoms in total. The monoisotopic (exact) mass is 265 g/mol. The zero-order valence-corrected chi connectivity index (χ0v) is 13.0. The second-order valence-corrected chi connectivity index (χ2v) is 6.80. The number of amides is 1. The van der Waals surface area contributed by atoms with E-state index in [1.807, 2.05) is 20.8 Å². The minimum absolute atomic E-state index is 0.0897. The third-order valence-corrected chi connectivity index (χ3v) is 3.81. The van der Waals surface area contributed by atoms with Crippen molar-refractivity contribution in [1.82, 2.24) is 5.32 Å². The van der Waals surface area contributed by atoms with Crippen LogP contribution in [0.2, 0.25) is 0 Å². The van der Waals surface area contributed by atoms with Gasteiger partial charge in [-0.15, -0.1) is 11.8 Å². The van der Waals surface area contributed by atoms with Crippen molar-refractivity contribution in [3.05, 3.63) is 28.8 Å². The second kappa shape index (κ2) is 5.79. The summed E-state index contributed by atoms with van der Waals surface area (Å²) in [6.07, 6.45) is 0. The van der Waals surface area contributed by atoms with Crippen LogP contribution in [0, 0.1) is 20.8 Å². The number of carbonyl (C=O) groups is 1. The maximum absolute atomic E-state index is 11.8. The van der Waals surface area contributed by atoms with Crippen molar-refractivity contribution in [2.45, 2.75) is 52.0 Å². The van der Waals surface area contributed by atoms with Crippen LogP contribution < -0.4 is 5.32 Å². The van der Waals surface area contributed by atoms with Gasteiger partial charge in [0.15, 0.2) is 0 Å². The molecule has 1 N–H and O–H groups in total. The maximum atomic E-state index is 11.8. The number of carbonyl (C=O) groups excluding carboxylic acids is 1. The van der Waals surface area contributed by atoms with Gasteiger partial charge in [-0.3, -0.25) is 4.79 Å². The molecular weight excluding hydrogens is 242 g/mol. The molecule has 0 aliphatic heterocycles. The van der Waals surface area contributed by atoms with Crippen LogP contribution in [0.25, 0.3) is 0 Å². The summed E-state index contributed by atoms with van der Waals surface area (Å²) in [5, 5.41) is 2.98. The molecule has 100 valence electrons. The molecule has 0 spiro atoms. The van der Waals surface area contributed by atoms with Crippen LogP contribution in [0.4, 0.5) is 0 Å². The molecule has 0 saturated heterocycles. The molecule has 0 saturated carbocycles. The van der Waals surface area contributed by atoms with Crippen molar-refractivity contribution in [2.75, 3.05) is 5.75 Å². The standard InChI is InChI=1S/C15H23NOS/c1-10-7-11(2)14(12(3)8-10)18-9-13(17)16-15(4,5)6/h7-8H,9H2,1-6H3,(H,16,17). The number of hydrogen-bond acceptors (Lipinski definition) is 2. The highest BCUT2D eigenvalue weighted by Gasteiger charge is 2.14. The van der Waals surface area contributed by atoms with Gasteiger partial charge < -0.3 is 5.32 Å². The Bertz CT molecular complexity index is 423. The Morgan fingerprint density at radius 1 is 1.17 bits per heavy atom. The van der Waals surface area contributed by atoms with Gasteiger partial charge in [0.25, 0.3) is 0 Å². The highest BCUT2D eigenvalue weighted by Crippen LogP contribution is 2.27. The van der Waals surface area contributed by atoms with Gasteiger partial charge in [0.2, 0.25) is 5.91 Å². The Hall–Kier alpha value is -0.960. The van der Waals surface area contributed by atoms with Gasteiger partial charge in [0.05, 0.1) is 5.75 Å². The largest absolute Gasteiger partial charge is 0.351 e. The third-order valence-electron chi connectivity index (χ3n) is 2.47. The van der Waals surface area contributed by atoms with E-state index in [2.05, 4.69) is 38.2 Å². The van der Waals surface area contributed by atoms with Crippen molar-refractivity contribution in [3.63, 3.8) is 0 Å². The molecule has 0 heterocycles. The van der Waals surface area contributed by atoms with Crippen molar-refractivity contribution in [2.24, 2.45) is 0 Å². The summed E-state index contributed by atoms with van der Waals surface area (Å²) in [6, 6.07) is 4.33. The first-order chi connectivity index (χ1) is 8.19. The van der Waals surface area contributed by atoms with Crippen LogP contribution in [-0.4, -0.2) is 17.2 Å². The van der Waals surface area contributed by atoms with Crippen LogP contribution in [0.5, 0.6) is 0 Å². The lowest BCUT2D eigenvalue weighted by molar-refractivity contribution is -0.119. The summed E-state index contributed by atoms with van der Waals surface area (Å²) in [5.41, 5.74) is 3.62. The molecule has 3 heteroatoms. The molecule has 1 aromatic carbocycles. The minimum atomic E-state index is -0.158. The first-order valence-corrected chi connectivity index (χ1v) is 7.19. The van der Waals surface area contributed by atoms with E-state index < -0.39 is 0 Å². The molecule has 0 unspecified atom stereocenters. The van der Waals surface area contributed by atoms with Crippen molar-refractivity contribution in [3.8, 4) is 0 Å². The predicted octanol–water partition coefficient (Wildman–Crippen LogP) is 3.62. The Morgan fingerprint density at radius 3 is 2.11 bits per heavy atom. The van der Waals surface area contributed by atoms with Gasteiger partial charge in [-0.25, -0.2) is 0 Å². The Balaban J connectivity index is 2.67. The fourth-order valence-corrected chi connectivity index (χ4v) is 2.91. The number of nitrogens with one attached hydrogen (secondary N) is 1. The summed E-state index contributed by atoms with van der Waals surface area (Å²) in [4.78, 5) is 13.0. The first kappa shape index (κ1) is 15.1. The van der Waals surface area contributed by atoms with Gasteiger partial charge in [0.1, 0.15) is 0 Å². The molecule has 1 aromatic rings. The smallest absolute Gasteiger partial charge is 0.230 e. The third kappa shape index (κ3) is 4.73. The summed E-state index contributed by atoms with van der Waals surface area (Å²) in [6.45, 7) is 12.3. The lowest BCUT2D eigenvalue weighted by Gasteiger charge is -2.20. The summed E-state index contributed by atoms with van der Waals surface area (Å²) >= 11 is 1.62. The molecule has 0 aliphatic carbocycles. The van der Waals surface area contributed by atoms with Crippen LogP contribution in [0.3, 0.4) is 0 Å². The van der Waals surface area contributed by atoms with E-state index in [0.29, 0.717) is 5.75 Å². The first-order valence-electron chi connectivity index (χ1n) is 6.21. The quantitative estimate of drug-likeness (QED) is 0.846. The van der Waals surface area contributed by atoms with E-state index in [1.54, 1.807) is 11.8 Å². The van der Waals surface area contributed by atoms with E-state index in [9.17, 15) is 4.79 Å². The summed E-state index contributed by atoms with van der Waals surface area (Å²) in [5.74, 6) is 0.564. The topological polar surface area (TPSA) is 29.1 Å². The van der Waals surface area contributed by atoms with E-state index in [1.165, 1.54) is 21.6 Å². The van der Waals surface area contributed by atoms with Crippen molar-refractivity contribution >= 4 is 17.7 Å². The maximum Gasteiger partial charge on any atom is 0.230 e. The lowest BCUT2D eigenvalue weighted by atomic mass is 10.1. The highest BCUT2D eigenvalue weighted by molar-refractivity contribution is 8.00. The summed E-state index contributed by atoms with van der Waals surface area (Å²) in [7, 11) is 0. The van der Waals surface area contributed by atoms with Crippen LogP contribution in [-0.2, 0) is 4.79 Å². The van der Waals surface area contributed by atoms with E-state index in [-0.39, 0.29) is 11.4 Å². The predicted molar refractivity (Wildman–Crippen MR) is 79.3 cm³/mol. The van der Waals surface area contributed by atoms with Gasteiger partial charge >= 0.3 is 0 Å². The van der Waals surface area contributed by atoms with Crippen LogP contribution in [0.15, 0.2) is 17.0 Å². The molecule has 0 aliphatic rings. The zero-order chi connectivity index (χ0) is 13.9. The molecule has 0 bridgehead atoms. The summed E-state index contributed by atoms with van der Waals surface area (Å²) < 4.78 is 0. The lowest BCUT2D eigenvalue weighted by Crippen LogP contribution is -2.41. The van der Waals surface area contributed by atoms with Crippen LogP contribution in [0.1, 0.15) is 37.5 Å². The SMILES string of the molecule is Cc1cc(C)c(SCC(=O)NC(C)(C)C)c(C)c1. The number of rotatable bonds is 3. The molecule has 0 radical (unpaired) electrons. The van der Waals surface area contributed by atoms with Crippen LogP contribution >= 0.6 is 11.8 Å². The van der Waals surface area contributed by atoms with Gasteiger partial charge in [-0.2, -0.15) is 0 Å². The van der Waals surface area contributed by atoms with Gasteiger partial charge in [0, 0.05) is 10.4 Å². The molecule has 0 aromatic heterocycles. The molecule has 0 fully saturated rings. The fraction of sp³-hybridized carbons (Fsp3) is 0.533. The average Bonchev–Trinajstić information content (AvgIpc) is 2.12. The Labute approximate surface area is 115 Å². The molecule has 18 heavy (non-hydrogen) atoms. The Kier molecular flexibility index (Phi) is 4.85. The number of benzene rings is 1. The van der Waals surface area contributed by atoms with E-state index >= 15 is 0 Å². The number of hydrogen-bond donors (Lipinski definition) is 1. The highest BCUT2D eigenvalue weighted by atomic mass is 32.2. The van der Waals surface area contributed by atoms with Gasteiger partial charge in [-0.05, 0) is 52.7 Å². The molecule has 0 atom stereocenters.